The number of aromatic nitrogens is 6. The fraction of sp³-hybridized carbons (Fsp3) is 0.281. The zero-order valence-electron chi connectivity index (χ0n) is 24.2. The molecule has 2 aliphatic rings. The SMILES string of the molecule is C=CC(=O)N1CCOCC(NC)C1.Nc1ncccc1-c1nc2ccc(-n3cccn3)nc2n1-c1ccc2c(c1)CCC2. The molecule has 1 fully saturated rings. The van der Waals surface area contributed by atoms with Gasteiger partial charge < -0.3 is 20.7 Å². The van der Waals surface area contributed by atoms with E-state index in [1.54, 1.807) is 22.0 Å². The normalized spacial score (nSPS) is 16.3. The van der Waals surface area contributed by atoms with Crippen molar-refractivity contribution in [2.45, 2.75) is 25.3 Å². The third-order valence-corrected chi connectivity index (χ3v) is 7.81. The summed E-state index contributed by atoms with van der Waals surface area (Å²) >= 11 is 0. The highest BCUT2D eigenvalue weighted by molar-refractivity contribution is 5.87. The molecule has 220 valence electrons. The van der Waals surface area contributed by atoms with Crippen molar-refractivity contribution in [1.82, 2.24) is 39.5 Å². The molecule has 1 aromatic carbocycles. The summed E-state index contributed by atoms with van der Waals surface area (Å²) in [6, 6.07) is 16.4. The third-order valence-electron chi connectivity index (χ3n) is 7.81. The molecule has 7 rings (SSSR count). The molecule has 3 N–H and O–H groups in total. The average Bonchev–Trinajstić information content (AvgIpc) is 3.78. The van der Waals surface area contributed by atoms with E-state index in [2.05, 4.69) is 44.7 Å². The number of anilines is 1. The number of likely N-dealkylation sites (N-methyl/N-ethyl adjacent to an activating group) is 1. The van der Waals surface area contributed by atoms with Crippen molar-refractivity contribution in [1.29, 1.82) is 0 Å². The van der Waals surface area contributed by atoms with E-state index >= 15 is 0 Å². The smallest absolute Gasteiger partial charge is 0.246 e. The second-order valence-corrected chi connectivity index (χ2v) is 10.5. The molecule has 1 atom stereocenters. The lowest BCUT2D eigenvalue weighted by Crippen LogP contribution is -2.42. The molecule has 1 aliphatic heterocycles. The van der Waals surface area contributed by atoms with E-state index in [4.69, 9.17) is 20.4 Å². The number of nitrogens with one attached hydrogen (secondary N) is 1. The van der Waals surface area contributed by atoms with Gasteiger partial charge in [0.15, 0.2) is 17.3 Å². The zero-order chi connectivity index (χ0) is 29.8. The van der Waals surface area contributed by atoms with E-state index in [0.29, 0.717) is 32.1 Å². The lowest BCUT2D eigenvalue weighted by Gasteiger charge is -2.21. The van der Waals surface area contributed by atoms with Gasteiger partial charge >= 0.3 is 0 Å². The minimum Gasteiger partial charge on any atom is -0.383 e. The Morgan fingerprint density at radius 2 is 2.00 bits per heavy atom. The lowest BCUT2D eigenvalue weighted by molar-refractivity contribution is -0.126. The van der Waals surface area contributed by atoms with Crippen molar-refractivity contribution in [3.63, 3.8) is 0 Å². The number of imidazole rings is 1. The summed E-state index contributed by atoms with van der Waals surface area (Å²) in [4.78, 5) is 27.1. The van der Waals surface area contributed by atoms with Crippen molar-refractivity contribution in [3.05, 3.63) is 90.9 Å². The van der Waals surface area contributed by atoms with Gasteiger partial charge in [-0.15, -0.1) is 0 Å². The van der Waals surface area contributed by atoms with Crippen LogP contribution in [-0.4, -0.2) is 79.5 Å². The van der Waals surface area contributed by atoms with Crippen molar-refractivity contribution in [2.75, 3.05) is 39.1 Å². The molecular weight excluding hydrogens is 542 g/mol. The quantitative estimate of drug-likeness (QED) is 0.304. The molecule has 1 saturated heterocycles. The van der Waals surface area contributed by atoms with Crippen LogP contribution < -0.4 is 11.1 Å². The minimum absolute atomic E-state index is 0.0225. The van der Waals surface area contributed by atoms with Crippen LogP contribution in [-0.2, 0) is 22.4 Å². The number of hydrogen-bond acceptors (Lipinski definition) is 8. The fourth-order valence-electron chi connectivity index (χ4n) is 5.52. The maximum absolute atomic E-state index is 11.3. The van der Waals surface area contributed by atoms with Crippen molar-refractivity contribution in [2.24, 2.45) is 0 Å². The van der Waals surface area contributed by atoms with Crippen LogP contribution >= 0.6 is 0 Å². The van der Waals surface area contributed by atoms with Crippen LogP contribution in [0, 0.1) is 0 Å². The summed E-state index contributed by atoms with van der Waals surface area (Å²) in [7, 11) is 1.87. The fourth-order valence-corrected chi connectivity index (χ4v) is 5.52. The predicted octanol–water partition coefficient (Wildman–Crippen LogP) is 3.36. The number of pyridine rings is 2. The molecule has 1 unspecified atom stereocenters. The standard InChI is InChI=1S/C23H19N7.C9H16N2O2/c24-21-18(6-2-11-25-21)22-27-19-9-10-20(29-13-3-12-26-29)28-23(19)30(22)17-8-7-15-4-1-5-16(15)14-17;1-3-9(12)11-4-5-13-7-8(6-11)10-2/h2-3,6-14H,1,4-5H2,(H2,24,25);3,8,10H,1,4-7H2,2H3. The molecule has 1 amide bonds. The summed E-state index contributed by atoms with van der Waals surface area (Å²) in [5, 5.41) is 7.42. The number of aryl methyl sites for hydroxylation is 2. The Labute approximate surface area is 250 Å². The van der Waals surface area contributed by atoms with Gasteiger partial charge in [-0.25, -0.2) is 19.6 Å². The number of nitrogen functional groups attached to an aromatic ring is 1. The highest BCUT2D eigenvalue weighted by Gasteiger charge is 2.21. The maximum Gasteiger partial charge on any atom is 0.246 e. The molecule has 0 saturated carbocycles. The van der Waals surface area contributed by atoms with Gasteiger partial charge in [-0.1, -0.05) is 12.6 Å². The highest BCUT2D eigenvalue weighted by atomic mass is 16.5. The van der Waals surface area contributed by atoms with Gasteiger partial charge in [0.25, 0.3) is 0 Å². The molecule has 43 heavy (non-hydrogen) atoms. The third kappa shape index (κ3) is 5.90. The van der Waals surface area contributed by atoms with Crippen LogP contribution in [0.2, 0.25) is 0 Å². The van der Waals surface area contributed by atoms with Gasteiger partial charge in [-0.2, -0.15) is 5.10 Å². The topological polar surface area (TPSA) is 129 Å². The number of nitrogens with two attached hydrogens (primary N) is 1. The van der Waals surface area contributed by atoms with Gasteiger partial charge in [-0.05, 0) is 86.0 Å². The Hall–Kier alpha value is -4.87. The number of fused-ring (bicyclic) bond motifs is 2. The molecule has 11 nitrogen and oxygen atoms in total. The molecule has 0 radical (unpaired) electrons. The van der Waals surface area contributed by atoms with E-state index in [0.717, 1.165) is 46.9 Å². The predicted molar refractivity (Wildman–Crippen MR) is 166 cm³/mol. The molecule has 1 aliphatic carbocycles. The van der Waals surface area contributed by atoms with Gasteiger partial charge in [0.2, 0.25) is 5.91 Å². The van der Waals surface area contributed by atoms with Gasteiger partial charge in [-0.3, -0.25) is 9.36 Å². The number of hydrogen-bond donors (Lipinski definition) is 2. The molecule has 4 aromatic heterocycles. The molecule has 0 bridgehead atoms. The van der Waals surface area contributed by atoms with Crippen LogP contribution in [0.5, 0.6) is 0 Å². The van der Waals surface area contributed by atoms with Crippen LogP contribution in [0.4, 0.5) is 5.82 Å². The number of ether oxygens (including phenoxy) is 1. The summed E-state index contributed by atoms with van der Waals surface area (Å²) in [6.07, 6.45) is 10.1. The van der Waals surface area contributed by atoms with Crippen LogP contribution in [0.3, 0.4) is 0 Å². The second kappa shape index (κ2) is 12.6. The van der Waals surface area contributed by atoms with E-state index in [1.807, 2.05) is 43.6 Å². The maximum atomic E-state index is 11.3. The molecule has 5 heterocycles. The lowest BCUT2D eigenvalue weighted by atomic mass is 10.1. The summed E-state index contributed by atoms with van der Waals surface area (Å²) < 4.78 is 9.16. The first-order valence-corrected chi connectivity index (χ1v) is 14.4. The first-order chi connectivity index (χ1) is 21.1. The number of carbonyl (C=O) groups is 1. The van der Waals surface area contributed by atoms with Crippen molar-refractivity contribution >= 4 is 22.9 Å². The van der Waals surface area contributed by atoms with Gasteiger partial charge in [0.1, 0.15) is 11.3 Å². The first kappa shape index (κ1) is 28.3. The number of rotatable bonds is 5. The Balaban J connectivity index is 0.000000214. The van der Waals surface area contributed by atoms with Crippen LogP contribution in [0.25, 0.3) is 34.1 Å². The Morgan fingerprint density at radius 1 is 1.12 bits per heavy atom. The largest absolute Gasteiger partial charge is 0.383 e. The number of carbonyl (C=O) groups excluding carboxylic acids is 1. The summed E-state index contributed by atoms with van der Waals surface area (Å²) in [5.41, 5.74) is 12.4. The number of benzene rings is 1. The number of nitrogens with zero attached hydrogens (tertiary/aromatic N) is 7. The second-order valence-electron chi connectivity index (χ2n) is 10.5. The van der Waals surface area contributed by atoms with Crippen molar-refractivity contribution in [3.8, 4) is 22.9 Å². The van der Waals surface area contributed by atoms with Gasteiger partial charge in [0.05, 0.1) is 18.8 Å². The van der Waals surface area contributed by atoms with Crippen LogP contribution in [0.1, 0.15) is 17.5 Å². The molecule has 11 heteroatoms. The van der Waals surface area contributed by atoms with Gasteiger partial charge in [0, 0.05) is 43.4 Å². The van der Waals surface area contributed by atoms with Crippen LogP contribution in [0.15, 0.2) is 79.8 Å². The Bertz CT molecular complexity index is 1750. The van der Waals surface area contributed by atoms with E-state index < -0.39 is 0 Å². The number of amides is 1. The Morgan fingerprint density at radius 3 is 2.79 bits per heavy atom. The minimum atomic E-state index is -0.0225. The average molecular weight is 578 g/mol. The van der Waals surface area contributed by atoms with Crippen molar-refractivity contribution < 1.29 is 9.53 Å². The molecular formula is C32H35N9O2. The monoisotopic (exact) mass is 577 g/mol. The van der Waals surface area contributed by atoms with E-state index in [-0.39, 0.29) is 11.9 Å². The zero-order valence-corrected chi connectivity index (χ0v) is 24.2. The Kier molecular flexibility index (Phi) is 8.25. The summed E-state index contributed by atoms with van der Waals surface area (Å²) in [6.45, 7) is 6.09. The molecule has 0 spiro atoms. The van der Waals surface area contributed by atoms with E-state index in [9.17, 15) is 4.79 Å². The summed E-state index contributed by atoms with van der Waals surface area (Å²) in [5.74, 6) is 1.90. The molecule has 5 aromatic rings. The highest BCUT2D eigenvalue weighted by Crippen LogP contribution is 2.32. The van der Waals surface area contributed by atoms with E-state index in [1.165, 1.54) is 23.6 Å². The first-order valence-electron chi connectivity index (χ1n) is 14.4.